The quantitative estimate of drug-likeness (QED) is 0.167. The number of aliphatic imine (C=N–C) groups is 1. The summed E-state index contributed by atoms with van der Waals surface area (Å²) in [4.78, 5) is 39.7. The van der Waals surface area contributed by atoms with E-state index in [4.69, 9.17) is 11.5 Å². The van der Waals surface area contributed by atoms with Gasteiger partial charge in [0.2, 0.25) is 21.8 Å². The number of guanidine groups is 1. The van der Waals surface area contributed by atoms with E-state index in [0.29, 0.717) is 18.5 Å². The first-order valence-electron chi connectivity index (χ1n) is 9.00. The molecule has 166 valence electrons. The maximum Gasteiger partial charge on any atom is 0.257 e. The van der Waals surface area contributed by atoms with Crippen molar-refractivity contribution < 1.29 is 27.9 Å². The minimum Gasteiger partial charge on any atom is -0.394 e. The number of hydrogen-bond acceptors (Lipinski definition) is 7. The summed E-state index contributed by atoms with van der Waals surface area (Å²) < 4.78 is 25.7. The minimum atomic E-state index is -3.76. The number of benzene rings is 1. The van der Waals surface area contributed by atoms with Crippen LogP contribution >= 0.6 is 0 Å². The lowest BCUT2D eigenvalue weighted by Crippen LogP contribution is -2.51. The molecule has 13 heteroatoms. The van der Waals surface area contributed by atoms with Crippen molar-refractivity contribution in [2.24, 2.45) is 16.5 Å². The molecule has 0 bridgehead atoms. The number of amides is 3. The Bertz CT molecular complexity index is 881. The van der Waals surface area contributed by atoms with Gasteiger partial charge in [-0.3, -0.25) is 19.7 Å². The van der Waals surface area contributed by atoms with E-state index in [0.717, 1.165) is 0 Å². The fourth-order valence-corrected chi connectivity index (χ4v) is 3.56. The maximum absolute atomic E-state index is 12.0. The number of nitrogens with two attached hydrogens (primary N) is 2. The highest BCUT2D eigenvalue weighted by molar-refractivity contribution is 7.89. The Morgan fingerprint density at radius 2 is 1.80 bits per heavy atom. The van der Waals surface area contributed by atoms with Gasteiger partial charge >= 0.3 is 0 Å². The second kappa shape index (κ2) is 11.8. The van der Waals surface area contributed by atoms with Crippen LogP contribution in [0.1, 0.15) is 30.1 Å². The molecule has 1 aromatic carbocycles. The fraction of sp³-hybridized carbons (Fsp3) is 0.412. The van der Waals surface area contributed by atoms with Crippen LogP contribution in [0.2, 0.25) is 0 Å². The third-order valence-corrected chi connectivity index (χ3v) is 5.12. The number of aliphatic hydroxyl groups is 1. The maximum atomic E-state index is 12.0. The number of carbonyl (C=O) groups excluding carboxylic acids is 3. The van der Waals surface area contributed by atoms with Gasteiger partial charge in [-0.1, -0.05) is 13.3 Å². The molecule has 0 aliphatic heterocycles. The number of hydrogen-bond donors (Lipinski definition) is 6. The monoisotopic (exact) mass is 442 g/mol. The first-order chi connectivity index (χ1) is 14.1. The normalized spacial score (nSPS) is 11.9. The van der Waals surface area contributed by atoms with Gasteiger partial charge in [-0.2, -0.15) is 0 Å². The lowest BCUT2D eigenvalue weighted by Gasteiger charge is -2.16. The van der Waals surface area contributed by atoms with Crippen molar-refractivity contribution in [3.05, 3.63) is 29.8 Å². The molecule has 0 fully saturated rings. The second-order valence-corrected chi connectivity index (χ2v) is 8.08. The third kappa shape index (κ3) is 8.98. The lowest BCUT2D eigenvalue weighted by atomic mass is 10.2. The van der Waals surface area contributed by atoms with Crippen molar-refractivity contribution in [3.8, 4) is 0 Å². The van der Waals surface area contributed by atoms with Crippen LogP contribution in [0.5, 0.6) is 0 Å². The van der Waals surface area contributed by atoms with E-state index in [1.54, 1.807) is 0 Å². The molecule has 0 spiro atoms. The highest BCUT2D eigenvalue weighted by atomic mass is 32.2. The van der Waals surface area contributed by atoms with E-state index in [9.17, 15) is 27.9 Å². The van der Waals surface area contributed by atoms with Gasteiger partial charge in [0.05, 0.1) is 24.6 Å². The van der Waals surface area contributed by atoms with Crippen molar-refractivity contribution >= 4 is 39.4 Å². The summed E-state index contributed by atoms with van der Waals surface area (Å²) in [5.41, 5.74) is 11.1. The molecule has 3 amide bonds. The van der Waals surface area contributed by atoms with Crippen molar-refractivity contribution in [1.82, 2.24) is 15.4 Å². The first kappa shape index (κ1) is 25.0. The number of carbonyl (C=O) groups is 3. The number of aliphatic hydroxyl groups excluding tert-OH is 1. The molecule has 12 nitrogen and oxygen atoms in total. The van der Waals surface area contributed by atoms with Crippen LogP contribution in [0, 0.1) is 0 Å². The van der Waals surface area contributed by atoms with Crippen LogP contribution in [-0.2, 0) is 19.6 Å². The molecule has 8 N–H and O–H groups in total. The summed E-state index contributed by atoms with van der Waals surface area (Å²) in [6.45, 7) is 0.424. The molecule has 1 aromatic rings. The summed E-state index contributed by atoms with van der Waals surface area (Å²) >= 11 is 0. The molecular weight excluding hydrogens is 416 g/mol. The largest absolute Gasteiger partial charge is 0.394 e. The van der Waals surface area contributed by atoms with Crippen LogP contribution in [0.15, 0.2) is 29.3 Å². The Morgan fingerprint density at radius 3 is 2.33 bits per heavy atom. The molecule has 1 atom stereocenters. The van der Waals surface area contributed by atoms with Gasteiger partial charge in [0.1, 0.15) is 6.04 Å². The van der Waals surface area contributed by atoms with Crippen LogP contribution in [-0.4, -0.2) is 62.2 Å². The topological polar surface area (TPSA) is 206 Å². The van der Waals surface area contributed by atoms with Crippen LogP contribution in [0.3, 0.4) is 0 Å². The molecule has 0 aliphatic carbocycles. The molecule has 1 rings (SSSR count). The summed E-state index contributed by atoms with van der Waals surface area (Å²) in [7, 11) is -3.76. The Hall–Kier alpha value is -3.03. The molecule has 0 aromatic heterocycles. The van der Waals surface area contributed by atoms with Gasteiger partial charge in [-0.25, -0.2) is 18.1 Å². The molecule has 0 saturated carbocycles. The van der Waals surface area contributed by atoms with Gasteiger partial charge in [0.15, 0.2) is 5.96 Å². The average molecular weight is 442 g/mol. The fourth-order valence-electron chi connectivity index (χ4n) is 2.15. The molecular formula is C17H26N6O6S. The predicted octanol–water partition coefficient (Wildman–Crippen LogP) is -1.96. The molecule has 0 unspecified atom stereocenters. The Kier molecular flexibility index (Phi) is 9.88. The Labute approximate surface area is 174 Å². The summed E-state index contributed by atoms with van der Waals surface area (Å²) in [6, 6.07) is 4.29. The standard InChI is InChI=1S/C17H26N6O6S/c1-2-3-8-30(28,29)23-13(10-24)16(27)20-9-14(25)22-15(26)11-4-6-12(7-5-11)21-17(18)19/h4-7,13,23-24H,2-3,8-10H2,1H3,(H,20,27)(H4,18,19,21)(H,22,25,26)/t13-/m0/s1. The highest BCUT2D eigenvalue weighted by Crippen LogP contribution is 2.12. The lowest BCUT2D eigenvalue weighted by molar-refractivity contribution is -0.127. The zero-order valence-electron chi connectivity index (χ0n) is 16.4. The summed E-state index contributed by atoms with van der Waals surface area (Å²) in [5, 5.41) is 13.5. The number of imide groups is 1. The zero-order valence-corrected chi connectivity index (χ0v) is 17.2. The SMILES string of the molecule is CCCCS(=O)(=O)N[C@@H](CO)C(=O)NCC(=O)NC(=O)c1ccc(N=C(N)N)cc1. The van der Waals surface area contributed by atoms with Crippen molar-refractivity contribution in [1.29, 1.82) is 0 Å². The van der Waals surface area contributed by atoms with Crippen LogP contribution in [0.25, 0.3) is 0 Å². The molecule has 0 saturated heterocycles. The summed E-state index contributed by atoms with van der Waals surface area (Å²) in [6.07, 6.45) is 1.04. The first-order valence-corrected chi connectivity index (χ1v) is 10.7. The minimum absolute atomic E-state index is 0.146. The molecule has 0 radical (unpaired) electrons. The van der Waals surface area contributed by atoms with Gasteiger partial charge in [-0.15, -0.1) is 0 Å². The van der Waals surface area contributed by atoms with Gasteiger partial charge in [0, 0.05) is 5.56 Å². The van der Waals surface area contributed by atoms with Crippen LogP contribution < -0.4 is 26.8 Å². The second-order valence-electron chi connectivity index (χ2n) is 6.20. The number of nitrogens with zero attached hydrogens (tertiary/aromatic N) is 1. The molecule has 30 heavy (non-hydrogen) atoms. The molecule has 0 aliphatic rings. The number of rotatable bonds is 11. The van der Waals surface area contributed by atoms with E-state index in [2.05, 4.69) is 20.3 Å². The van der Waals surface area contributed by atoms with Gasteiger partial charge < -0.3 is 21.9 Å². The number of sulfonamides is 1. The van der Waals surface area contributed by atoms with Gasteiger partial charge in [-0.05, 0) is 30.7 Å². The van der Waals surface area contributed by atoms with E-state index < -0.39 is 46.9 Å². The van der Waals surface area contributed by atoms with E-state index in [1.165, 1.54) is 24.3 Å². The van der Waals surface area contributed by atoms with E-state index in [-0.39, 0.29) is 17.3 Å². The third-order valence-electron chi connectivity index (χ3n) is 3.65. The van der Waals surface area contributed by atoms with Crippen molar-refractivity contribution in [2.75, 3.05) is 18.9 Å². The molecule has 0 heterocycles. The zero-order chi connectivity index (χ0) is 22.7. The van der Waals surface area contributed by atoms with E-state index in [1.807, 2.05) is 6.92 Å². The predicted molar refractivity (Wildman–Crippen MR) is 110 cm³/mol. The average Bonchev–Trinajstić information content (AvgIpc) is 2.68. The van der Waals surface area contributed by atoms with Crippen molar-refractivity contribution in [2.45, 2.75) is 25.8 Å². The Morgan fingerprint density at radius 1 is 1.17 bits per heavy atom. The number of nitrogens with one attached hydrogen (secondary N) is 3. The van der Waals surface area contributed by atoms with E-state index >= 15 is 0 Å². The van der Waals surface area contributed by atoms with Crippen molar-refractivity contribution in [3.63, 3.8) is 0 Å². The summed E-state index contributed by atoms with van der Waals surface area (Å²) in [5.74, 6) is -2.78. The van der Waals surface area contributed by atoms with Crippen LogP contribution in [0.4, 0.5) is 5.69 Å². The number of unbranched alkanes of at least 4 members (excludes halogenated alkanes) is 1. The van der Waals surface area contributed by atoms with Gasteiger partial charge in [0.25, 0.3) is 5.91 Å². The highest BCUT2D eigenvalue weighted by Gasteiger charge is 2.24. The smallest absolute Gasteiger partial charge is 0.257 e. The Balaban J connectivity index is 2.57.